The molecule has 1 aliphatic carbocycles. The van der Waals surface area contributed by atoms with Crippen LogP contribution in [0, 0.1) is 17.7 Å². The maximum absolute atomic E-state index is 13.7. The van der Waals surface area contributed by atoms with Gasteiger partial charge in [0.05, 0.1) is 12.2 Å². The molecular weight excluding hydrogens is 217 g/mol. The summed E-state index contributed by atoms with van der Waals surface area (Å²) in [5.74, 6) is 6.46. The van der Waals surface area contributed by atoms with Crippen LogP contribution in [-0.2, 0) is 0 Å². The van der Waals surface area contributed by atoms with Crippen LogP contribution in [0.5, 0.6) is 0 Å². The van der Waals surface area contributed by atoms with E-state index in [1.54, 1.807) is 12.3 Å². The number of nitrogens with zero attached hydrogens (tertiary/aromatic N) is 1. The van der Waals surface area contributed by atoms with Crippen molar-refractivity contribution in [2.45, 2.75) is 38.6 Å². The first-order valence-electron chi connectivity index (χ1n) is 6.28. The topological polar surface area (TPSA) is 50.9 Å². The first-order valence-corrected chi connectivity index (χ1v) is 6.28. The van der Waals surface area contributed by atoms with E-state index >= 15 is 0 Å². The van der Waals surface area contributed by atoms with E-state index in [-0.39, 0.29) is 11.9 Å². The van der Waals surface area contributed by atoms with Crippen LogP contribution in [0.25, 0.3) is 0 Å². The molecule has 1 heterocycles. The molecule has 3 atom stereocenters. The summed E-state index contributed by atoms with van der Waals surface area (Å²) in [7, 11) is 0. The monoisotopic (exact) mass is 237 g/mol. The van der Waals surface area contributed by atoms with E-state index in [4.69, 9.17) is 5.84 Å². The number of nitrogens with two attached hydrogens (primary N) is 1. The van der Waals surface area contributed by atoms with Crippen LogP contribution in [-0.4, -0.2) is 4.98 Å². The van der Waals surface area contributed by atoms with Crippen molar-refractivity contribution in [3.63, 3.8) is 0 Å². The fourth-order valence-corrected chi connectivity index (χ4v) is 2.90. The van der Waals surface area contributed by atoms with Gasteiger partial charge >= 0.3 is 0 Å². The van der Waals surface area contributed by atoms with Gasteiger partial charge in [0.25, 0.3) is 0 Å². The molecule has 1 aromatic heterocycles. The molecule has 17 heavy (non-hydrogen) atoms. The standard InChI is InChI=1S/C13H20FN3/c1-9-3-2-4-10(7-9)13(17-15)11-5-6-16-8-12(11)14/h5-6,8-10,13,17H,2-4,7,15H2,1H3. The highest BCUT2D eigenvalue weighted by Crippen LogP contribution is 2.37. The zero-order chi connectivity index (χ0) is 12.3. The Bertz CT molecular complexity index is 369. The van der Waals surface area contributed by atoms with E-state index in [0.29, 0.717) is 17.4 Å². The lowest BCUT2D eigenvalue weighted by Gasteiger charge is -2.33. The minimum absolute atomic E-state index is 0.0965. The van der Waals surface area contributed by atoms with Gasteiger partial charge in [0, 0.05) is 11.8 Å². The van der Waals surface area contributed by atoms with Gasteiger partial charge in [-0.3, -0.25) is 16.3 Å². The van der Waals surface area contributed by atoms with Crippen LogP contribution in [0.15, 0.2) is 18.5 Å². The number of halogens is 1. The molecule has 0 radical (unpaired) electrons. The lowest BCUT2D eigenvalue weighted by atomic mass is 9.77. The molecule has 3 N–H and O–H groups in total. The van der Waals surface area contributed by atoms with Gasteiger partial charge in [0.1, 0.15) is 5.82 Å². The summed E-state index contributed by atoms with van der Waals surface area (Å²) in [5, 5.41) is 0. The second kappa shape index (κ2) is 5.56. The quantitative estimate of drug-likeness (QED) is 0.627. The van der Waals surface area contributed by atoms with Gasteiger partial charge in [-0.25, -0.2) is 4.39 Å². The van der Waals surface area contributed by atoms with Crippen molar-refractivity contribution in [3.8, 4) is 0 Å². The predicted molar refractivity (Wildman–Crippen MR) is 65.4 cm³/mol. The van der Waals surface area contributed by atoms with Gasteiger partial charge in [-0.05, 0) is 30.7 Å². The summed E-state index contributed by atoms with van der Waals surface area (Å²) >= 11 is 0. The molecule has 0 aromatic carbocycles. The van der Waals surface area contributed by atoms with Crippen molar-refractivity contribution in [1.82, 2.24) is 10.4 Å². The molecule has 4 heteroatoms. The molecule has 0 aliphatic heterocycles. The van der Waals surface area contributed by atoms with E-state index in [1.807, 2.05) is 0 Å². The second-order valence-electron chi connectivity index (χ2n) is 5.07. The number of aromatic nitrogens is 1. The van der Waals surface area contributed by atoms with Gasteiger partial charge in [-0.15, -0.1) is 0 Å². The fraction of sp³-hybridized carbons (Fsp3) is 0.615. The predicted octanol–water partition coefficient (Wildman–Crippen LogP) is 2.55. The van der Waals surface area contributed by atoms with E-state index in [9.17, 15) is 4.39 Å². The van der Waals surface area contributed by atoms with Crippen LogP contribution >= 0.6 is 0 Å². The van der Waals surface area contributed by atoms with E-state index in [1.165, 1.54) is 19.0 Å². The lowest BCUT2D eigenvalue weighted by Crippen LogP contribution is -2.36. The fourth-order valence-electron chi connectivity index (χ4n) is 2.90. The average Bonchev–Trinajstić information content (AvgIpc) is 2.33. The van der Waals surface area contributed by atoms with Gasteiger partial charge < -0.3 is 0 Å². The molecule has 3 nitrogen and oxygen atoms in total. The Morgan fingerprint density at radius 1 is 1.53 bits per heavy atom. The Morgan fingerprint density at radius 2 is 2.35 bits per heavy atom. The Balaban J connectivity index is 2.18. The molecule has 0 spiro atoms. The first-order chi connectivity index (χ1) is 8.22. The third kappa shape index (κ3) is 2.82. The number of hydrogen-bond acceptors (Lipinski definition) is 3. The second-order valence-corrected chi connectivity index (χ2v) is 5.07. The summed E-state index contributed by atoms with van der Waals surface area (Å²) in [6.45, 7) is 2.25. The highest BCUT2D eigenvalue weighted by Gasteiger charge is 2.28. The van der Waals surface area contributed by atoms with E-state index in [2.05, 4.69) is 17.3 Å². The maximum atomic E-state index is 13.7. The summed E-state index contributed by atoms with van der Waals surface area (Å²) < 4.78 is 13.7. The number of hydrazine groups is 1. The molecule has 0 saturated heterocycles. The van der Waals surface area contributed by atoms with Crippen LogP contribution < -0.4 is 11.3 Å². The highest BCUT2D eigenvalue weighted by molar-refractivity contribution is 5.18. The lowest BCUT2D eigenvalue weighted by molar-refractivity contribution is 0.221. The summed E-state index contributed by atoms with van der Waals surface area (Å²) in [4.78, 5) is 3.78. The smallest absolute Gasteiger partial charge is 0.146 e. The third-order valence-electron chi connectivity index (χ3n) is 3.77. The van der Waals surface area contributed by atoms with Crippen molar-refractivity contribution in [2.24, 2.45) is 17.7 Å². The minimum Gasteiger partial charge on any atom is -0.271 e. The molecule has 3 unspecified atom stereocenters. The van der Waals surface area contributed by atoms with Crippen LogP contribution in [0.4, 0.5) is 4.39 Å². The van der Waals surface area contributed by atoms with Gasteiger partial charge in [-0.2, -0.15) is 0 Å². The van der Waals surface area contributed by atoms with Gasteiger partial charge in [0.2, 0.25) is 0 Å². The third-order valence-corrected chi connectivity index (χ3v) is 3.77. The molecule has 94 valence electrons. The highest BCUT2D eigenvalue weighted by atomic mass is 19.1. The number of hydrogen-bond donors (Lipinski definition) is 2. The number of nitrogens with one attached hydrogen (secondary N) is 1. The molecule has 1 aromatic rings. The van der Waals surface area contributed by atoms with E-state index in [0.717, 1.165) is 12.8 Å². The van der Waals surface area contributed by atoms with Crippen molar-refractivity contribution in [2.75, 3.05) is 0 Å². The molecule has 0 bridgehead atoms. The van der Waals surface area contributed by atoms with Crippen molar-refractivity contribution >= 4 is 0 Å². The Labute approximate surface area is 102 Å². The molecular formula is C13H20FN3. The zero-order valence-electron chi connectivity index (χ0n) is 10.2. The van der Waals surface area contributed by atoms with E-state index < -0.39 is 0 Å². The molecule has 2 rings (SSSR count). The maximum Gasteiger partial charge on any atom is 0.146 e. The molecule has 1 fully saturated rings. The van der Waals surface area contributed by atoms with Crippen LogP contribution in [0.2, 0.25) is 0 Å². The molecule has 0 amide bonds. The summed E-state index contributed by atoms with van der Waals surface area (Å²) in [6, 6.07) is 1.62. The minimum atomic E-state index is -0.270. The normalized spacial score (nSPS) is 26.8. The van der Waals surface area contributed by atoms with Gasteiger partial charge in [0.15, 0.2) is 0 Å². The van der Waals surface area contributed by atoms with Crippen molar-refractivity contribution in [1.29, 1.82) is 0 Å². The molecule has 1 saturated carbocycles. The zero-order valence-corrected chi connectivity index (χ0v) is 10.2. The Kier molecular flexibility index (Phi) is 4.07. The largest absolute Gasteiger partial charge is 0.271 e. The molecule has 1 aliphatic rings. The van der Waals surface area contributed by atoms with Gasteiger partial charge in [-0.1, -0.05) is 19.8 Å². The first kappa shape index (κ1) is 12.5. The number of pyridine rings is 1. The van der Waals surface area contributed by atoms with Crippen molar-refractivity contribution < 1.29 is 4.39 Å². The summed E-state index contributed by atoms with van der Waals surface area (Å²) in [6.07, 6.45) is 7.57. The average molecular weight is 237 g/mol. The Morgan fingerprint density at radius 3 is 3.00 bits per heavy atom. The summed E-state index contributed by atoms with van der Waals surface area (Å²) in [5.41, 5.74) is 3.42. The van der Waals surface area contributed by atoms with Crippen LogP contribution in [0.3, 0.4) is 0 Å². The van der Waals surface area contributed by atoms with Crippen LogP contribution in [0.1, 0.15) is 44.2 Å². The van der Waals surface area contributed by atoms with Crippen molar-refractivity contribution in [3.05, 3.63) is 29.8 Å². The Hall–Kier alpha value is -1.00. The number of rotatable bonds is 3. The SMILES string of the molecule is CC1CCCC(C(NN)c2ccncc2F)C1.